The molecule has 1 aromatic carbocycles. The van der Waals surface area contributed by atoms with E-state index in [-0.39, 0.29) is 17.5 Å². The molecule has 1 atom stereocenters. The average molecular weight is 425 g/mol. The zero-order chi connectivity index (χ0) is 20.5. The molecule has 9 heteroatoms. The molecule has 1 aliphatic rings. The normalized spacial score (nSPS) is 18.9. The number of hydrogen-bond donors (Lipinski definition) is 0. The van der Waals surface area contributed by atoms with E-state index < -0.39 is 9.84 Å². The third-order valence-corrected chi connectivity index (χ3v) is 7.26. The van der Waals surface area contributed by atoms with Crippen molar-refractivity contribution >= 4 is 22.1 Å². The highest BCUT2D eigenvalue weighted by Crippen LogP contribution is 2.23. The van der Waals surface area contributed by atoms with Crippen LogP contribution in [0, 0.1) is 10.7 Å². The van der Waals surface area contributed by atoms with Gasteiger partial charge in [-0.15, -0.1) is 0 Å². The molecule has 28 heavy (non-hydrogen) atoms. The average Bonchev–Trinajstić information content (AvgIpc) is 3.15. The lowest BCUT2D eigenvalue weighted by Crippen LogP contribution is -2.40. The van der Waals surface area contributed by atoms with Gasteiger partial charge < -0.3 is 9.30 Å². The van der Waals surface area contributed by atoms with Crippen LogP contribution in [-0.4, -0.2) is 58.9 Å². The number of methoxy groups -OCH3 is 1. The molecule has 1 saturated heterocycles. The summed E-state index contributed by atoms with van der Waals surface area (Å²) in [6.45, 7) is 5.56. The molecule has 0 bridgehead atoms. The maximum absolute atomic E-state index is 12.0. The summed E-state index contributed by atoms with van der Waals surface area (Å²) in [6, 6.07) is 7.71. The van der Waals surface area contributed by atoms with E-state index >= 15 is 0 Å². The van der Waals surface area contributed by atoms with Crippen LogP contribution in [0.2, 0.25) is 0 Å². The van der Waals surface area contributed by atoms with Crippen molar-refractivity contribution in [2.75, 3.05) is 25.2 Å². The van der Waals surface area contributed by atoms with Gasteiger partial charge in [0.15, 0.2) is 20.4 Å². The second-order valence-corrected chi connectivity index (χ2v) is 10.4. The van der Waals surface area contributed by atoms with E-state index in [1.165, 1.54) is 0 Å². The number of aromatic nitrogens is 3. The van der Waals surface area contributed by atoms with Crippen LogP contribution in [0.4, 0.5) is 0 Å². The smallest absolute Gasteiger partial charge is 0.199 e. The SMILES string of the molecule is COc1ccc(-c2nn(CN(CC(C)C)[C@H]3CCS(=O)(=O)C3)c(=S)n2C)cc1. The Morgan fingerprint density at radius 3 is 2.54 bits per heavy atom. The molecule has 0 aliphatic carbocycles. The van der Waals surface area contributed by atoms with Gasteiger partial charge in [-0.1, -0.05) is 13.8 Å². The predicted molar refractivity (Wildman–Crippen MR) is 113 cm³/mol. The summed E-state index contributed by atoms with van der Waals surface area (Å²) < 4.78 is 33.4. The second-order valence-electron chi connectivity index (χ2n) is 7.76. The molecule has 0 radical (unpaired) electrons. The fourth-order valence-electron chi connectivity index (χ4n) is 3.60. The minimum atomic E-state index is -2.95. The summed E-state index contributed by atoms with van der Waals surface area (Å²) in [5.41, 5.74) is 0.951. The van der Waals surface area contributed by atoms with Crippen LogP contribution in [0.1, 0.15) is 20.3 Å². The zero-order valence-corrected chi connectivity index (χ0v) is 18.5. The van der Waals surface area contributed by atoms with Crippen molar-refractivity contribution in [1.82, 2.24) is 19.2 Å². The summed E-state index contributed by atoms with van der Waals surface area (Å²) in [5.74, 6) is 2.45. The van der Waals surface area contributed by atoms with E-state index in [0.29, 0.717) is 23.8 Å². The number of rotatable bonds is 7. The first-order chi connectivity index (χ1) is 13.2. The summed E-state index contributed by atoms with van der Waals surface area (Å²) in [5, 5.41) is 4.73. The molecular formula is C19H28N4O3S2. The van der Waals surface area contributed by atoms with Gasteiger partial charge in [-0.25, -0.2) is 13.1 Å². The molecule has 0 unspecified atom stereocenters. The summed E-state index contributed by atoms with van der Waals surface area (Å²) >= 11 is 5.61. The van der Waals surface area contributed by atoms with Gasteiger partial charge in [-0.2, -0.15) is 5.10 Å². The molecule has 2 heterocycles. The molecule has 154 valence electrons. The second kappa shape index (κ2) is 8.34. The lowest BCUT2D eigenvalue weighted by molar-refractivity contribution is 0.137. The van der Waals surface area contributed by atoms with Crippen LogP contribution < -0.4 is 4.74 Å². The Morgan fingerprint density at radius 1 is 1.32 bits per heavy atom. The topological polar surface area (TPSA) is 69.4 Å². The van der Waals surface area contributed by atoms with Crippen LogP contribution in [0.15, 0.2) is 24.3 Å². The Morgan fingerprint density at radius 2 is 2.00 bits per heavy atom. The van der Waals surface area contributed by atoms with Crippen molar-refractivity contribution in [2.45, 2.75) is 33.0 Å². The maximum atomic E-state index is 12.0. The number of hydrogen-bond acceptors (Lipinski definition) is 6. The molecule has 0 saturated carbocycles. The van der Waals surface area contributed by atoms with Crippen molar-refractivity contribution in [3.63, 3.8) is 0 Å². The van der Waals surface area contributed by atoms with Gasteiger partial charge in [0.1, 0.15) is 5.75 Å². The third kappa shape index (κ3) is 4.64. The molecule has 0 amide bonds. The minimum absolute atomic E-state index is 0.0146. The Bertz CT molecular complexity index is 978. The summed E-state index contributed by atoms with van der Waals surface area (Å²) in [4.78, 5) is 2.20. The molecule has 1 fully saturated rings. The van der Waals surface area contributed by atoms with Crippen LogP contribution in [0.3, 0.4) is 0 Å². The third-order valence-electron chi connectivity index (χ3n) is 5.03. The van der Waals surface area contributed by atoms with Crippen molar-refractivity contribution in [1.29, 1.82) is 0 Å². The number of sulfone groups is 1. The quantitative estimate of drug-likeness (QED) is 0.637. The van der Waals surface area contributed by atoms with Gasteiger partial charge in [0.25, 0.3) is 0 Å². The molecule has 7 nitrogen and oxygen atoms in total. The standard InChI is InChI=1S/C19H28N4O3S2/c1-14(2)11-22(16-9-10-28(24,25)12-16)13-23-19(27)21(3)18(20-23)15-5-7-17(26-4)8-6-15/h5-8,14,16H,9-13H2,1-4H3/t16-/m0/s1. The van der Waals surface area contributed by atoms with E-state index in [9.17, 15) is 8.42 Å². The Kier molecular flexibility index (Phi) is 6.26. The van der Waals surface area contributed by atoms with Gasteiger partial charge in [-0.05, 0) is 48.8 Å². The molecule has 0 spiro atoms. The van der Waals surface area contributed by atoms with Crippen molar-refractivity contribution in [3.8, 4) is 17.1 Å². The van der Waals surface area contributed by atoms with E-state index in [4.69, 9.17) is 22.1 Å². The summed E-state index contributed by atoms with van der Waals surface area (Å²) in [7, 11) is 0.592. The van der Waals surface area contributed by atoms with E-state index in [1.807, 2.05) is 35.9 Å². The molecule has 3 rings (SSSR count). The monoisotopic (exact) mass is 424 g/mol. The van der Waals surface area contributed by atoms with Crippen LogP contribution in [-0.2, 0) is 23.6 Å². The first-order valence-corrected chi connectivity index (χ1v) is 11.7. The van der Waals surface area contributed by atoms with Gasteiger partial charge in [-0.3, -0.25) is 4.90 Å². The molecular weight excluding hydrogens is 396 g/mol. The lowest BCUT2D eigenvalue weighted by Gasteiger charge is -2.29. The molecule has 1 aliphatic heterocycles. The van der Waals surface area contributed by atoms with E-state index in [2.05, 4.69) is 18.7 Å². The highest BCUT2D eigenvalue weighted by Gasteiger charge is 2.33. The predicted octanol–water partition coefficient (Wildman–Crippen LogP) is 2.73. The summed E-state index contributed by atoms with van der Waals surface area (Å²) in [6.07, 6.45) is 0.667. The number of benzene rings is 1. The first-order valence-electron chi connectivity index (χ1n) is 9.43. The highest BCUT2D eigenvalue weighted by atomic mass is 32.2. The van der Waals surface area contributed by atoms with Gasteiger partial charge >= 0.3 is 0 Å². The van der Waals surface area contributed by atoms with Crippen molar-refractivity contribution in [2.24, 2.45) is 13.0 Å². The first kappa shape index (κ1) is 21.0. The van der Waals surface area contributed by atoms with Crippen LogP contribution >= 0.6 is 12.2 Å². The molecule has 2 aromatic rings. The van der Waals surface area contributed by atoms with E-state index in [0.717, 1.165) is 23.7 Å². The Hall–Kier alpha value is -1.71. The van der Waals surface area contributed by atoms with Crippen LogP contribution in [0.5, 0.6) is 5.75 Å². The number of ether oxygens (including phenoxy) is 1. The largest absolute Gasteiger partial charge is 0.497 e. The van der Waals surface area contributed by atoms with Gasteiger partial charge in [0.05, 0.1) is 25.3 Å². The minimum Gasteiger partial charge on any atom is -0.497 e. The maximum Gasteiger partial charge on any atom is 0.199 e. The van der Waals surface area contributed by atoms with E-state index in [1.54, 1.807) is 11.8 Å². The molecule has 1 aromatic heterocycles. The zero-order valence-electron chi connectivity index (χ0n) is 16.8. The lowest BCUT2D eigenvalue weighted by atomic mass is 10.1. The molecule has 0 N–H and O–H groups in total. The Labute approximate surface area is 171 Å². The van der Waals surface area contributed by atoms with Crippen LogP contribution in [0.25, 0.3) is 11.4 Å². The number of nitrogens with zero attached hydrogens (tertiary/aromatic N) is 4. The Balaban J connectivity index is 1.88. The fourth-order valence-corrected chi connectivity index (χ4v) is 5.54. The highest BCUT2D eigenvalue weighted by molar-refractivity contribution is 7.91. The van der Waals surface area contributed by atoms with Gasteiger partial charge in [0, 0.05) is 25.2 Å². The van der Waals surface area contributed by atoms with Crippen molar-refractivity contribution in [3.05, 3.63) is 29.0 Å². The van der Waals surface area contributed by atoms with Crippen molar-refractivity contribution < 1.29 is 13.2 Å². The fraction of sp³-hybridized carbons (Fsp3) is 0.579. The van der Waals surface area contributed by atoms with Gasteiger partial charge in [0.2, 0.25) is 0 Å².